The Balaban J connectivity index is 0.858. The molecule has 19 heteroatoms. The number of ketones is 2. The normalized spacial score (nSPS) is 14.2. The van der Waals surface area contributed by atoms with E-state index in [0.717, 1.165) is 18.9 Å². The Hall–Kier alpha value is -7.09. The van der Waals surface area contributed by atoms with Gasteiger partial charge in [0.25, 0.3) is 17.3 Å². The van der Waals surface area contributed by atoms with Crippen molar-refractivity contribution in [2.24, 2.45) is 5.92 Å². The van der Waals surface area contributed by atoms with E-state index in [4.69, 9.17) is 23.8 Å². The molecule has 1 saturated heterocycles. The largest absolute Gasteiger partial charge is 0.480 e. The van der Waals surface area contributed by atoms with Crippen molar-refractivity contribution in [3.63, 3.8) is 0 Å². The molecule has 1 amide bonds. The molecule has 5 aromatic rings. The highest BCUT2D eigenvalue weighted by molar-refractivity contribution is 6.29. The summed E-state index contributed by atoms with van der Waals surface area (Å²) in [5, 5.41) is 42.0. The number of rotatable bonds is 25. The van der Waals surface area contributed by atoms with Gasteiger partial charge in [-0.1, -0.05) is 35.5 Å². The van der Waals surface area contributed by atoms with Crippen LogP contribution < -0.4 is 15.5 Å². The molecule has 346 valence electrons. The number of benzene rings is 4. The van der Waals surface area contributed by atoms with Gasteiger partial charge in [0.1, 0.15) is 17.8 Å². The molecule has 1 aliphatic carbocycles. The SMILES string of the molecule is O=C(O)CNC(=O)c1cccc(Nc2cc(N3CCC[C@H](C(=O)CCCCOCCOCCOCCCCc4ccc([N+](=O)[O-])cc4[N+](=O)[O-])C3)c3noc4c3c2C(=O)c2ccccc2-4)c1. The average Bonchev–Trinajstić information content (AvgIpc) is 3.76. The minimum atomic E-state index is -1.17. The van der Waals surface area contributed by atoms with E-state index >= 15 is 0 Å². The van der Waals surface area contributed by atoms with Gasteiger partial charge in [0.05, 0.1) is 64.7 Å². The van der Waals surface area contributed by atoms with E-state index in [1.165, 1.54) is 12.1 Å². The molecular formula is C47H50N6O13. The number of fused-ring (bicyclic) bond motifs is 2. The molecule has 0 saturated carbocycles. The summed E-state index contributed by atoms with van der Waals surface area (Å²) in [4.78, 5) is 74.6. The van der Waals surface area contributed by atoms with Crippen LogP contribution in [0.25, 0.3) is 22.2 Å². The van der Waals surface area contributed by atoms with Gasteiger partial charge < -0.3 is 39.4 Å². The first-order valence-corrected chi connectivity index (χ1v) is 21.9. The third kappa shape index (κ3) is 11.4. The Labute approximate surface area is 378 Å². The Morgan fingerprint density at radius 2 is 1.58 bits per heavy atom. The summed E-state index contributed by atoms with van der Waals surface area (Å²) in [6.07, 6.45) is 5.03. The summed E-state index contributed by atoms with van der Waals surface area (Å²) >= 11 is 0. The fourth-order valence-electron chi connectivity index (χ4n) is 8.31. The van der Waals surface area contributed by atoms with Gasteiger partial charge >= 0.3 is 5.97 Å². The van der Waals surface area contributed by atoms with Crippen molar-refractivity contribution in [3.8, 4) is 11.3 Å². The molecule has 19 nitrogen and oxygen atoms in total. The van der Waals surface area contributed by atoms with Gasteiger partial charge in [0, 0.05) is 72.6 Å². The Morgan fingerprint density at radius 1 is 0.848 bits per heavy atom. The van der Waals surface area contributed by atoms with Crippen LogP contribution in [0.5, 0.6) is 0 Å². The molecule has 2 heterocycles. The number of aryl methyl sites for hydroxylation is 1. The first-order chi connectivity index (χ1) is 32.0. The number of ether oxygens (including phenoxy) is 3. The smallest absolute Gasteiger partial charge is 0.322 e. The lowest BCUT2D eigenvalue weighted by Gasteiger charge is -2.34. The number of piperidine rings is 1. The van der Waals surface area contributed by atoms with Gasteiger partial charge in [-0.2, -0.15) is 0 Å². The van der Waals surface area contributed by atoms with Crippen molar-refractivity contribution in [2.45, 2.75) is 51.4 Å². The topological polar surface area (TPSA) is 256 Å². The molecule has 7 rings (SSSR count). The zero-order valence-electron chi connectivity index (χ0n) is 36.2. The Bertz CT molecular complexity index is 2610. The standard InChI is InChI=1S/C47H50N6O13/c54-40(15-4-6-20-64-22-24-65-23-21-63-19-5-3-9-30-16-17-34(52(59)60)26-38(30)53(61)62)32-11-8-18-51(29-32)39-27-37(49-33-12-7-10-31(25-33)47(58)48-28-41(55)56)42-43-44(39)50-66-46(43)36-14-2-1-13-35(36)45(42)57/h1-2,7,10,12-14,16-17,25-27,32,49H,3-6,8-9,11,15,18-24,28-29H2,(H,48,58)(H,55,56)/t32-/m0/s1. The number of non-ortho nitro benzene ring substituents is 1. The number of hydrogen-bond donors (Lipinski definition) is 3. The van der Waals surface area contributed by atoms with Gasteiger partial charge in [0.15, 0.2) is 11.5 Å². The number of Topliss-reactive ketones (excluding diaryl/α,β-unsaturated/α-hetero) is 1. The van der Waals surface area contributed by atoms with Crippen LogP contribution in [-0.2, 0) is 30.2 Å². The number of hydrogen-bond acceptors (Lipinski definition) is 15. The zero-order valence-corrected chi connectivity index (χ0v) is 36.2. The summed E-state index contributed by atoms with van der Waals surface area (Å²) in [5.74, 6) is -1.51. The number of carbonyl (C=O) groups is 4. The number of nitro groups is 2. The highest BCUT2D eigenvalue weighted by Gasteiger charge is 2.35. The molecule has 1 aliphatic heterocycles. The third-order valence-corrected chi connectivity index (χ3v) is 11.6. The van der Waals surface area contributed by atoms with Crippen molar-refractivity contribution < 1.29 is 52.9 Å². The van der Waals surface area contributed by atoms with Crippen LogP contribution in [0.15, 0.2) is 77.3 Å². The molecule has 0 spiro atoms. The summed E-state index contributed by atoms with van der Waals surface area (Å²) in [5.41, 5.74) is 3.79. The predicted octanol–water partition coefficient (Wildman–Crippen LogP) is 7.44. The first kappa shape index (κ1) is 46.9. The van der Waals surface area contributed by atoms with E-state index in [-0.39, 0.29) is 34.4 Å². The number of nitro benzene ring substituents is 2. The average molecular weight is 907 g/mol. The van der Waals surface area contributed by atoms with Crippen LogP contribution in [0.3, 0.4) is 0 Å². The third-order valence-electron chi connectivity index (χ3n) is 11.6. The van der Waals surface area contributed by atoms with Crippen molar-refractivity contribution in [2.75, 3.05) is 69.5 Å². The summed E-state index contributed by atoms with van der Waals surface area (Å²) in [6.45, 7) is 3.09. The van der Waals surface area contributed by atoms with Crippen molar-refractivity contribution in [1.29, 1.82) is 0 Å². The molecule has 4 aromatic carbocycles. The molecule has 3 N–H and O–H groups in total. The van der Waals surface area contributed by atoms with E-state index in [1.54, 1.807) is 36.4 Å². The zero-order chi connectivity index (χ0) is 46.6. The van der Waals surface area contributed by atoms with E-state index in [0.29, 0.717) is 147 Å². The second-order valence-corrected chi connectivity index (χ2v) is 16.0. The van der Waals surface area contributed by atoms with Crippen LogP contribution in [0.2, 0.25) is 0 Å². The van der Waals surface area contributed by atoms with Gasteiger partial charge in [-0.05, 0) is 75.3 Å². The van der Waals surface area contributed by atoms with Crippen LogP contribution in [0.4, 0.5) is 28.4 Å². The fraction of sp³-hybridized carbons (Fsp3) is 0.383. The van der Waals surface area contributed by atoms with Gasteiger partial charge in [-0.15, -0.1) is 0 Å². The van der Waals surface area contributed by atoms with Crippen LogP contribution >= 0.6 is 0 Å². The molecule has 1 aromatic heterocycles. The second-order valence-electron chi connectivity index (χ2n) is 16.0. The van der Waals surface area contributed by atoms with Crippen LogP contribution in [-0.4, -0.2) is 103 Å². The fourth-order valence-corrected chi connectivity index (χ4v) is 8.31. The molecule has 0 bridgehead atoms. The van der Waals surface area contributed by atoms with Crippen LogP contribution in [0, 0.1) is 26.1 Å². The monoisotopic (exact) mass is 906 g/mol. The quantitative estimate of drug-likeness (QED) is 0.0286. The highest BCUT2D eigenvalue weighted by atomic mass is 16.6. The highest BCUT2D eigenvalue weighted by Crippen LogP contribution is 2.47. The lowest BCUT2D eigenvalue weighted by atomic mass is 9.85. The number of carboxylic acids is 1. The number of amides is 1. The van der Waals surface area contributed by atoms with Gasteiger partial charge in [-0.3, -0.25) is 39.4 Å². The predicted molar refractivity (Wildman–Crippen MR) is 242 cm³/mol. The molecule has 0 unspecified atom stereocenters. The van der Waals surface area contributed by atoms with Gasteiger partial charge in [0.2, 0.25) is 0 Å². The Kier molecular flexibility index (Phi) is 15.8. The number of nitrogens with zero attached hydrogens (tertiary/aromatic N) is 4. The lowest BCUT2D eigenvalue weighted by Crippen LogP contribution is -2.39. The number of carbonyl (C=O) groups excluding carboxylic acids is 3. The summed E-state index contributed by atoms with van der Waals surface area (Å²) < 4.78 is 22.8. The van der Waals surface area contributed by atoms with E-state index in [9.17, 15) is 39.4 Å². The van der Waals surface area contributed by atoms with Crippen molar-refractivity contribution >= 4 is 62.8 Å². The number of anilines is 3. The number of unbranched alkanes of at least 4 members (excludes halogenated alkanes) is 2. The van der Waals surface area contributed by atoms with Crippen molar-refractivity contribution in [1.82, 2.24) is 10.5 Å². The number of carboxylic acid groups (broad SMARTS) is 1. The van der Waals surface area contributed by atoms with E-state index in [2.05, 4.69) is 20.7 Å². The lowest BCUT2D eigenvalue weighted by molar-refractivity contribution is -0.394. The molecule has 1 fully saturated rings. The molecule has 0 radical (unpaired) electrons. The minimum absolute atomic E-state index is 0.172. The minimum Gasteiger partial charge on any atom is -0.480 e. The summed E-state index contributed by atoms with van der Waals surface area (Å²) in [6, 6.07) is 19.3. The maximum Gasteiger partial charge on any atom is 0.322 e. The van der Waals surface area contributed by atoms with E-state index in [1.807, 2.05) is 18.2 Å². The summed E-state index contributed by atoms with van der Waals surface area (Å²) in [7, 11) is 0. The second kappa shape index (κ2) is 22.2. The first-order valence-electron chi connectivity index (χ1n) is 21.9. The molecule has 2 aliphatic rings. The number of aliphatic carboxylic acids is 1. The molecule has 66 heavy (non-hydrogen) atoms. The number of aromatic nitrogens is 1. The molecular weight excluding hydrogens is 857 g/mol. The van der Waals surface area contributed by atoms with Crippen LogP contribution in [0.1, 0.15) is 76.8 Å². The Morgan fingerprint density at radius 3 is 2.30 bits per heavy atom. The molecule has 1 atom stereocenters. The number of nitrogens with one attached hydrogen (secondary N) is 2. The maximum atomic E-state index is 14.2. The van der Waals surface area contributed by atoms with Gasteiger partial charge in [-0.25, -0.2) is 0 Å². The van der Waals surface area contributed by atoms with E-state index < -0.39 is 28.3 Å². The van der Waals surface area contributed by atoms with Crippen molar-refractivity contribution in [3.05, 3.63) is 115 Å². The maximum absolute atomic E-state index is 14.2.